The summed E-state index contributed by atoms with van der Waals surface area (Å²) >= 11 is 0. The van der Waals surface area contributed by atoms with E-state index in [9.17, 15) is 0 Å². The topological polar surface area (TPSA) is 27.7 Å². The number of hydrogen-bond acceptors (Lipinski definition) is 3. The minimum absolute atomic E-state index is 0.0421. The molecule has 202 valence electrons. The number of rotatable bonds is 22. The molecule has 35 heavy (non-hydrogen) atoms. The highest BCUT2D eigenvalue weighted by Crippen LogP contribution is 2.31. The van der Waals surface area contributed by atoms with Crippen molar-refractivity contribution in [3.05, 3.63) is 35.9 Å². The number of ether oxygens (including phenoxy) is 3. The number of benzene rings is 1. The first kappa shape index (κ1) is 30.3. The van der Waals surface area contributed by atoms with E-state index in [1.165, 1.54) is 116 Å². The van der Waals surface area contributed by atoms with Gasteiger partial charge in [-0.2, -0.15) is 0 Å². The van der Waals surface area contributed by atoms with E-state index in [-0.39, 0.29) is 11.7 Å². The van der Waals surface area contributed by atoms with Crippen molar-refractivity contribution in [2.24, 2.45) is 5.41 Å². The Kier molecular flexibility index (Phi) is 17.5. The molecule has 1 aliphatic rings. The molecule has 0 aromatic heterocycles. The van der Waals surface area contributed by atoms with Crippen LogP contribution in [0, 0.1) is 5.41 Å². The summed E-state index contributed by atoms with van der Waals surface area (Å²) in [5, 5.41) is 0. The summed E-state index contributed by atoms with van der Waals surface area (Å²) in [4.78, 5) is 0. The van der Waals surface area contributed by atoms with Gasteiger partial charge in [0.05, 0.1) is 19.8 Å². The smallest absolute Gasteiger partial charge is 0.183 e. The SMILES string of the molecule is CCCCCCCCCCCCCCCCCCCCOCC1(C)COC(c2ccccc2)OC1. The molecule has 3 heteroatoms. The second-order valence-electron chi connectivity index (χ2n) is 11.2. The predicted octanol–water partition coefficient (Wildman–Crippen LogP) is 9.80. The summed E-state index contributed by atoms with van der Waals surface area (Å²) in [6.45, 7) is 7.44. The van der Waals surface area contributed by atoms with Crippen LogP contribution in [0.2, 0.25) is 0 Å². The maximum absolute atomic E-state index is 5.99. The zero-order chi connectivity index (χ0) is 24.9. The van der Waals surface area contributed by atoms with Gasteiger partial charge in [-0.25, -0.2) is 0 Å². The molecule has 0 aliphatic carbocycles. The zero-order valence-corrected chi connectivity index (χ0v) is 23.2. The average molecular weight is 489 g/mol. The second kappa shape index (κ2) is 20.2. The predicted molar refractivity (Wildman–Crippen MR) is 149 cm³/mol. The molecule has 0 bridgehead atoms. The molecular weight excluding hydrogens is 432 g/mol. The van der Waals surface area contributed by atoms with Crippen LogP contribution in [0.4, 0.5) is 0 Å². The summed E-state index contributed by atoms with van der Waals surface area (Å²) in [5.41, 5.74) is 1.05. The lowest BCUT2D eigenvalue weighted by molar-refractivity contribution is -0.239. The van der Waals surface area contributed by atoms with Gasteiger partial charge in [0.25, 0.3) is 0 Å². The highest BCUT2D eigenvalue weighted by Gasteiger charge is 2.33. The molecule has 0 saturated carbocycles. The first-order valence-electron chi connectivity index (χ1n) is 15.1. The van der Waals surface area contributed by atoms with E-state index >= 15 is 0 Å². The molecule has 2 rings (SSSR count). The Morgan fingerprint density at radius 2 is 1.09 bits per heavy atom. The molecule has 1 fully saturated rings. The van der Waals surface area contributed by atoms with Crippen molar-refractivity contribution in [3.8, 4) is 0 Å². The summed E-state index contributed by atoms with van der Waals surface area (Å²) < 4.78 is 17.9. The average Bonchev–Trinajstić information content (AvgIpc) is 2.88. The summed E-state index contributed by atoms with van der Waals surface area (Å²) in [6.07, 6.45) is 25.1. The molecule has 1 aromatic rings. The van der Waals surface area contributed by atoms with E-state index in [0.29, 0.717) is 19.8 Å². The van der Waals surface area contributed by atoms with Gasteiger partial charge >= 0.3 is 0 Å². The van der Waals surface area contributed by atoms with Gasteiger partial charge in [0.2, 0.25) is 0 Å². The number of hydrogen-bond donors (Lipinski definition) is 0. The largest absolute Gasteiger partial charge is 0.381 e. The quantitative estimate of drug-likeness (QED) is 0.152. The number of unbranched alkanes of at least 4 members (excludes halogenated alkanes) is 17. The normalized spacial score (nSPS) is 20.3. The monoisotopic (exact) mass is 488 g/mol. The molecule has 0 atom stereocenters. The molecule has 0 unspecified atom stereocenters. The van der Waals surface area contributed by atoms with E-state index < -0.39 is 0 Å². The molecule has 1 saturated heterocycles. The molecule has 3 nitrogen and oxygen atoms in total. The fraction of sp³-hybridized carbons (Fsp3) is 0.812. The third kappa shape index (κ3) is 15.1. The Hall–Kier alpha value is -0.900. The second-order valence-corrected chi connectivity index (χ2v) is 11.2. The van der Waals surface area contributed by atoms with Gasteiger partial charge in [0, 0.05) is 17.6 Å². The van der Waals surface area contributed by atoms with Crippen LogP contribution in [0.3, 0.4) is 0 Å². The van der Waals surface area contributed by atoms with Crippen molar-refractivity contribution in [2.75, 3.05) is 26.4 Å². The van der Waals surface area contributed by atoms with Crippen LogP contribution >= 0.6 is 0 Å². The third-order valence-corrected chi connectivity index (χ3v) is 7.33. The fourth-order valence-corrected chi connectivity index (χ4v) is 4.95. The third-order valence-electron chi connectivity index (χ3n) is 7.33. The molecular formula is C32H56O3. The molecule has 1 heterocycles. The van der Waals surface area contributed by atoms with Gasteiger partial charge < -0.3 is 14.2 Å². The Morgan fingerprint density at radius 3 is 1.54 bits per heavy atom. The highest BCUT2D eigenvalue weighted by molar-refractivity contribution is 5.16. The van der Waals surface area contributed by atoms with Crippen LogP contribution in [0.25, 0.3) is 0 Å². The van der Waals surface area contributed by atoms with E-state index in [1.54, 1.807) is 0 Å². The van der Waals surface area contributed by atoms with Crippen LogP contribution in [0.5, 0.6) is 0 Å². The van der Waals surface area contributed by atoms with E-state index in [2.05, 4.69) is 26.0 Å². The maximum Gasteiger partial charge on any atom is 0.183 e. The molecule has 1 aliphatic heterocycles. The molecule has 0 radical (unpaired) electrons. The van der Waals surface area contributed by atoms with E-state index in [1.807, 2.05) is 18.2 Å². The zero-order valence-electron chi connectivity index (χ0n) is 23.2. The summed E-state index contributed by atoms with van der Waals surface area (Å²) in [7, 11) is 0. The first-order valence-corrected chi connectivity index (χ1v) is 15.1. The van der Waals surface area contributed by atoms with Crippen molar-refractivity contribution in [3.63, 3.8) is 0 Å². The van der Waals surface area contributed by atoms with Crippen molar-refractivity contribution in [1.82, 2.24) is 0 Å². The lowest BCUT2D eigenvalue weighted by Crippen LogP contribution is -2.40. The van der Waals surface area contributed by atoms with E-state index in [0.717, 1.165) is 12.2 Å². The van der Waals surface area contributed by atoms with Gasteiger partial charge in [-0.15, -0.1) is 0 Å². The molecule has 0 spiro atoms. The standard InChI is InChI=1S/C32H56O3/c1-3-4-5-6-7-8-9-10-11-12-13-14-15-16-17-18-19-23-26-33-27-32(2)28-34-31(35-29-32)30-24-21-20-22-25-30/h20-22,24-25,31H,3-19,23,26-29H2,1-2H3. The maximum atomic E-state index is 5.99. The van der Waals surface area contributed by atoms with Gasteiger partial charge in [-0.3, -0.25) is 0 Å². The summed E-state index contributed by atoms with van der Waals surface area (Å²) in [6, 6.07) is 10.2. The Labute approximate surface area is 217 Å². The molecule has 0 amide bonds. The Bertz CT molecular complexity index is 580. The van der Waals surface area contributed by atoms with Crippen molar-refractivity contribution in [1.29, 1.82) is 0 Å². The fourth-order valence-electron chi connectivity index (χ4n) is 4.95. The van der Waals surface area contributed by atoms with Gasteiger partial charge in [0.15, 0.2) is 6.29 Å². The van der Waals surface area contributed by atoms with Crippen molar-refractivity contribution >= 4 is 0 Å². The van der Waals surface area contributed by atoms with Crippen molar-refractivity contribution < 1.29 is 14.2 Å². The Balaban J connectivity index is 1.29. The molecule has 0 N–H and O–H groups in total. The highest BCUT2D eigenvalue weighted by atomic mass is 16.7. The van der Waals surface area contributed by atoms with Crippen LogP contribution < -0.4 is 0 Å². The van der Waals surface area contributed by atoms with Crippen LogP contribution in [0.1, 0.15) is 141 Å². The van der Waals surface area contributed by atoms with Gasteiger partial charge in [-0.1, -0.05) is 153 Å². The minimum Gasteiger partial charge on any atom is -0.381 e. The van der Waals surface area contributed by atoms with Crippen LogP contribution in [0.15, 0.2) is 30.3 Å². The van der Waals surface area contributed by atoms with Crippen LogP contribution in [-0.2, 0) is 14.2 Å². The van der Waals surface area contributed by atoms with Gasteiger partial charge in [-0.05, 0) is 6.42 Å². The first-order chi connectivity index (χ1) is 17.2. The van der Waals surface area contributed by atoms with Gasteiger partial charge in [0.1, 0.15) is 0 Å². The lowest BCUT2D eigenvalue weighted by Gasteiger charge is -2.37. The van der Waals surface area contributed by atoms with E-state index in [4.69, 9.17) is 14.2 Å². The summed E-state index contributed by atoms with van der Waals surface area (Å²) in [5.74, 6) is 0. The lowest BCUT2D eigenvalue weighted by atomic mass is 9.93. The minimum atomic E-state index is -0.237. The van der Waals surface area contributed by atoms with Crippen molar-refractivity contribution in [2.45, 2.75) is 136 Å². The van der Waals surface area contributed by atoms with Crippen LogP contribution in [-0.4, -0.2) is 26.4 Å². The molecule has 1 aromatic carbocycles. The Morgan fingerprint density at radius 1 is 0.657 bits per heavy atom.